The number of fused-ring (bicyclic) bond motifs is 1. The molecule has 0 spiro atoms. The van der Waals surface area contributed by atoms with Gasteiger partial charge in [-0.2, -0.15) is 0 Å². The second kappa shape index (κ2) is 5.65. The van der Waals surface area contributed by atoms with Gasteiger partial charge in [0.05, 0.1) is 11.7 Å². The van der Waals surface area contributed by atoms with Gasteiger partial charge in [0.1, 0.15) is 11.8 Å². The van der Waals surface area contributed by atoms with Crippen molar-refractivity contribution in [3.8, 4) is 0 Å². The molecule has 1 aromatic carbocycles. The van der Waals surface area contributed by atoms with Gasteiger partial charge < -0.3 is 0 Å². The van der Waals surface area contributed by atoms with Gasteiger partial charge in [-0.25, -0.2) is 4.98 Å². The molecule has 0 saturated heterocycles. The van der Waals surface area contributed by atoms with Gasteiger partial charge in [0.15, 0.2) is 0 Å². The van der Waals surface area contributed by atoms with Crippen molar-refractivity contribution in [3.05, 3.63) is 60.7 Å². The standard InChI is InChI=1S/C16H15N3O/c20-16(8-4-7-13-5-2-1-3-6-13)19-12-18-14-11-17-10-9-15(14)19/h1-3,5-6,9-12H,4,7-8H2. The van der Waals surface area contributed by atoms with Crippen LogP contribution in [-0.4, -0.2) is 20.4 Å². The number of hydrogen-bond acceptors (Lipinski definition) is 3. The summed E-state index contributed by atoms with van der Waals surface area (Å²) in [5.74, 6) is 0.0784. The van der Waals surface area contributed by atoms with Gasteiger partial charge in [0, 0.05) is 12.6 Å². The Hall–Kier alpha value is -2.49. The van der Waals surface area contributed by atoms with E-state index in [-0.39, 0.29) is 5.91 Å². The number of carbonyl (C=O) groups is 1. The summed E-state index contributed by atoms with van der Waals surface area (Å²) in [6.45, 7) is 0. The highest BCUT2D eigenvalue weighted by atomic mass is 16.2. The van der Waals surface area contributed by atoms with Crippen LogP contribution in [0.25, 0.3) is 11.0 Å². The summed E-state index contributed by atoms with van der Waals surface area (Å²) in [6, 6.07) is 12.0. The van der Waals surface area contributed by atoms with Crippen molar-refractivity contribution in [2.24, 2.45) is 0 Å². The number of nitrogens with zero attached hydrogens (tertiary/aromatic N) is 3. The van der Waals surface area contributed by atoms with Crippen LogP contribution < -0.4 is 0 Å². The lowest BCUT2D eigenvalue weighted by molar-refractivity contribution is 0.0905. The van der Waals surface area contributed by atoms with Crippen LogP contribution in [0.2, 0.25) is 0 Å². The van der Waals surface area contributed by atoms with E-state index >= 15 is 0 Å². The third kappa shape index (κ3) is 2.59. The van der Waals surface area contributed by atoms with Gasteiger partial charge >= 0.3 is 0 Å². The molecule has 0 aliphatic heterocycles. The Morgan fingerprint density at radius 3 is 2.85 bits per heavy atom. The van der Waals surface area contributed by atoms with Crippen molar-refractivity contribution < 1.29 is 4.79 Å². The molecule has 4 nitrogen and oxygen atoms in total. The van der Waals surface area contributed by atoms with Gasteiger partial charge in [-0.15, -0.1) is 0 Å². The summed E-state index contributed by atoms with van der Waals surface area (Å²) < 4.78 is 1.61. The minimum absolute atomic E-state index is 0.0784. The Kier molecular flexibility index (Phi) is 3.54. The Bertz CT molecular complexity index is 719. The SMILES string of the molecule is O=C(CCCc1ccccc1)n1cnc2cnccc21. The van der Waals surface area contributed by atoms with Gasteiger partial charge in [0.25, 0.3) is 0 Å². The Balaban J connectivity index is 1.65. The average Bonchev–Trinajstić information content (AvgIpc) is 2.92. The van der Waals surface area contributed by atoms with Crippen molar-refractivity contribution in [3.63, 3.8) is 0 Å². The summed E-state index contributed by atoms with van der Waals surface area (Å²) in [5.41, 5.74) is 2.84. The molecule has 2 heterocycles. The monoisotopic (exact) mass is 265 g/mol. The molecule has 0 unspecified atom stereocenters. The first kappa shape index (κ1) is 12.5. The van der Waals surface area contributed by atoms with Gasteiger partial charge in [-0.1, -0.05) is 30.3 Å². The van der Waals surface area contributed by atoms with Crippen molar-refractivity contribution in [1.82, 2.24) is 14.5 Å². The number of rotatable bonds is 4. The second-order valence-electron chi connectivity index (χ2n) is 4.71. The minimum atomic E-state index is 0.0784. The van der Waals surface area contributed by atoms with Crippen molar-refractivity contribution in [2.75, 3.05) is 0 Å². The summed E-state index contributed by atoms with van der Waals surface area (Å²) in [6.07, 6.45) is 7.20. The highest BCUT2D eigenvalue weighted by Gasteiger charge is 2.09. The zero-order chi connectivity index (χ0) is 13.8. The molecule has 0 bridgehead atoms. The first-order valence-corrected chi connectivity index (χ1v) is 6.69. The predicted molar refractivity (Wildman–Crippen MR) is 77.5 cm³/mol. The molecule has 20 heavy (non-hydrogen) atoms. The van der Waals surface area contributed by atoms with Crippen LogP contribution in [-0.2, 0) is 6.42 Å². The molecule has 0 radical (unpaired) electrons. The van der Waals surface area contributed by atoms with Crippen LogP contribution in [0.5, 0.6) is 0 Å². The zero-order valence-electron chi connectivity index (χ0n) is 11.1. The van der Waals surface area contributed by atoms with E-state index in [1.54, 1.807) is 23.3 Å². The molecule has 100 valence electrons. The van der Waals surface area contributed by atoms with E-state index in [0.29, 0.717) is 6.42 Å². The zero-order valence-corrected chi connectivity index (χ0v) is 11.1. The molecular weight excluding hydrogens is 250 g/mol. The highest BCUT2D eigenvalue weighted by Crippen LogP contribution is 2.12. The van der Waals surface area contributed by atoms with E-state index in [2.05, 4.69) is 22.1 Å². The number of pyridine rings is 1. The first-order valence-electron chi connectivity index (χ1n) is 6.69. The Labute approximate surface area is 117 Å². The molecule has 3 rings (SSSR count). The fraction of sp³-hybridized carbons (Fsp3) is 0.188. The molecule has 0 aliphatic rings. The lowest BCUT2D eigenvalue weighted by atomic mass is 10.1. The van der Waals surface area contributed by atoms with E-state index in [4.69, 9.17) is 0 Å². The van der Waals surface area contributed by atoms with Crippen LogP contribution >= 0.6 is 0 Å². The van der Waals surface area contributed by atoms with Crippen molar-refractivity contribution in [2.45, 2.75) is 19.3 Å². The average molecular weight is 265 g/mol. The van der Waals surface area contributed by atoms with E-state index in [0.717, 1.165) is 23.9 Å². The Morgan fingerprint density at radius 2 is 2.00 bits per heavy atom. The first-order chi connectivity index (χ1) is 9.84. The molecule has 0 saturated carbocycles. The lowest BCUT2D eigenvalue weighted by Crippen LogP contribution is -2.09. The predicted octanol–water partition coefficient (Wildman–Crippen LogP) is 3.09. The fourth-order valence-electron chi connectivity index (χ4n) is 2.27. The molecule has 0 N–H and O–H groups in total. The molecule has 4 heteroatoms. The van der Waals surface area contributed by atoms with Crippen LogP contribution in [0.15, 0.2) is 55.1 Å². The molecule has 3 aromatic rings. The minimum Gasteiger partial charge on any atom is -0.274 e. The van der Waals surface area contributed by atoms with Crippen molar-refractivity contribution in [1.29, 1.82) is 0 Å². The number of aryl methyl sites for hydroxylation is 1. The quantitative estimate of drug-likeness (QED) is 0.728. The van der Waals surface area contributed by atoms with Gasteiger partial charge in [0.2, 0.25) is 5.91 Å². The van der Waals surface area contributed by atoms with Crippen molar-refractivity contribution >= 4 is 16.9 Å². The number of imidazole rings is 1. The Morgan fingerprint density at radius 1 is 1.15 bits per heavy atom. The van der Waals surface area contributed by atoms with E-state index < -0.39 is 0 Å². The van der Waals surface area contributed by atoms with E-state index in [9.17, 15) is 4.79 Å². The molecular formula is C16H15N3O. The molecule has 2 aromatic heterocycles. The number of carbonyl (C=O) groups excluding carboxylic acids is 1. The van der Waals surface area contributed by atoms with E-state index in [1.807, 2.05) is 24.3 Å². The highest BCUT2D eigenvalue weighted by molar-refractivity contribution is 5.89. The summed E-state index contributed by atoms with van der Waals surface area (Å²) in [5, 5.41) is 0. The maximum Gasteiger partial charge on any atom is 0.232 e. The topological polar surface area (TPSA) is 47.8 Å². The number of benzene rings is 1. The van der Waals surface area contributed by atoms with Crippen LogP contribution in [0.1, 0.15) is 23.2 Å². The van der Waals surface area contributed by atoms with Crippen LogP contribution in [0.4, 0.5) is 0 Å². The third-order valence-electron chi connectivity index (χ3n) is 3.32. The molecule has 0 aliphatic carbocycles. The number of aromatic nitrogens is 3. The summed E-state index contributed by atoms with van der Waals surface area (Å²) in [7, 11) is 0. The number of hydrogen-bond donors (Lipinski definition) is 0. The third-order valence-corrected chi connectivity index (χ3v) is 3.32. The van der Waals surface area contributed by atoms with Gasteiger partial charge in [-0.3, -0.25) is 14.3 Å². The fourth-order valence-corrected chi connectivity index (χ4v) is 2.27. The lowest BCUT2D eigenvalue weighted by Gasteiger charge is -2.03. The maximum absolute atomic E-state index is 12.2. The molecule has 0 amide bonds. The van der Waals surface area contributed by atoms with Crippen LogP contribution in [0.3, 0.4) is 0 Å². The van der Waals surface area contributed by atoms with Crippen LogP contribution in [0, 0.1) is 0 Å². The molecule has 0 fully saturated rings. The summed E-state index contributed by atoms with van der Waals surface area (Å²) in [4.78, 5) is 20.4. The summed E-state index contributed by atoms with van der Waals surface area (Å²) >= 11 is 0. The van der Waals surface area contributed by atoms with E-state index in [1.165, 1.54) is 5.56 Å². The smallest absolute Gasteiger partial charge is 0.232 e. The normalized spacial score (nSPS) is 10.8. The molecule has 0 atom stereocenters. The second-order valence-corrected chi connectivity index (χ2v) is 4.71. The van der Waals surface area contributed by atoms with Gasteiger partial charge in [-0.05, 0) is 24.5 Å². The largest absolute Gasteiger partial charge is 0.274 e. The maximum atomic E-state index is 12.2.